The van der Waals surface area contributed by atoms with Crippen molar-refractivity contribution in [2.75, 3.05) is 6.61 Å². The SMILES string of the molecule is CCC(N)Cc1cc(C(C)CC)ccc1OCC1CC1. The van der Waals surface area contributed by atoms with Gasteiger partial charge in [-0.15, -0.1) is 0 Å². The molecule has 2 nitrogen and oxygen atoms in total. The van der Waals surface area contributed by atoms with Crippen LogP contribution in [-0.4, -0.2) is 12.6 Å². The first-order valence-electron chi connectivity index (χ1n) is 8.15. The molecular formula is C18H29NO. The van der Waals surface area contributed by atoms with E-state index in [9.17, 15) is 0 Å². The van der Waals surface area contributed by atoms with E-state index in [2.05, 4.69) is 39.0 Å². The fraction of sp³-hybridized carbons (Fsp3) is 0.667. The second-order valence-electron chi connectivity index (χ2n) is 6.30. The highest BCUT2D eigenvalue weighted by molar-refractivity contribution is 5.39. The molecule has 1 aromatic rings. The molecule has 0 aromatic heterocycles. The number of hydrogen-bond donors (Lipinski definition) is 1. The quantitative estimate of drug-likeness (QED) is 0.769. The van der Waals surface area contributed by atoms with Gasteiger partial charge in [0.15, 0.2) is 0 Å². The average molecular weight is 275 g/mol. The van der Waals surface area contributed by atoms with Gasteiger partial charge in [0.1, 0.15) is 5.75 Å². The molecule has 0 bridgehead atoms. The zero-order valence-electron chi connectivity index (χ0n) is 13.2. The van der Waals surface area contributed by atoms with E-state index in [0.29, 0.717) is 5.92 Å². The van der Waals surface area contributed by atoms with Crippen LogP contribution in [0.15, 0.2) is 18.2 Å². The monoisotopic (exact) mass is 275 g/mol. The molecule has 2 N–H and O–H groups in total. The predicted octanol–water partition coefficient (Wildman–Crippen LogP) is 4.27. The van der Waals surface area contributed by atoms with E-state index < -0.39 is 0 Å². The van der Waals surface area contributed by atoms with Crippen molar-refractivity contribution >= 4 is 0 Å². The molecule has 2 atom stereocenters. The Balaban J connectivity index is 2.14. The molecule has 2 unspecified atom stereocenters. The molecule has 112 valence electrons. The minimum atomic E-state index is 0.227. The lowest BCUT2D eigenvalue weighted by molar-refractivity contribution is 0.296. The van der Waals surface area contributed by atoms with Crippen molar-refractivity contribution < 1.29 is 4.74 Å². The second kappa shape index (κ2) is 7.12. The largest absolute Gasteiger partial charge is 0.493 e. The van der Waals surface area contributed by atoms with Crippen LogP contribution in [0.4, 0.5) is 0 Å². The maximum Gasteiger partial charge on any atom is 0.122 e. The van der Waals surface area contributed by atoms with Gasteiger partial charge in [0.05, 0.1) is 6.61 Å². The molecule has 0 radical (unpaired) electrons. The summed E-state index contributed by atoms with van der Waals surface area (Å²) in [4.78, 5) is 0. The second-order valence-corrected chi connectivity index (χ2v) is 6.30. The summed E-state index contributed by atoms with van der Waals surface area (Å²) in [6, 6.07) is 6.91. The van der Waals surface area contributed by atoms with E-state index in [-0.39, 0.29) is 6.04 Å². The van der Waals surface area contributed by atoms with Crippen LogP contribution in [0.25, 0.3) is 0 Å². The number of benzene rings is 1. The van der Waals surface area contributed by atoms with E-state index in [1.54, 1.807) is 0 Å². The van der Waals surface area contributed by atoms with E-state index in [0.717, 1.165) is 31.1 Å². The Kier molecular flexibility index (Phi) is 5.47. The summed E-state index contributed by atoms with van der Waals surface area (Å²) in [6.45, 7) is 7.54. The molecule has 0 heterocycles. The van der Waals surface area contributed by atoms with Gasteiger partial charge in [-0.3, -0.25) is 0 Å². The van der Waals surface area contributed by atoms with Gasteiger partial charge in [-0.25, -0.2) is 0 Å². The van der Waals surface area contributed by atoms with Crippen LogP contribution in [0.2, 0.25) is 0 Å². The van der Waals surface area contributed by atoms with Crippen LogP contribution < -0.4 is 10.5 Å². The molecule has 1 aliphatic carbocycles. The number of rotatable bonds is 8. The summed E-state index contributed by atoms with van der Waals surface area (Å²) in [5.41, 5.74) is 8.84. The van der Waals surface area contributed by atoms with Crippen LogP contribution >= 0.6 is 0 Å². The number of nitrogens with two attached hydrogens (primary N) is 1. The fourth-order valence-electron chi connectivity index (χ4n) is 2.36. The zero-order chi connectivity index (χ0) is 14.5. The highest BCUT2D eigenvalue weighted by Crippen LogP contribution is 2.32. The van der Waals surface area contributed by atoms with E-state index >= 15 is 0 Å². The van der Waals surface area contributed by atoms with Crippen LogP contribution in [-0.2, 0) is 6.42 Å². The van der Waals surface area contributed by atoms with E-state index in [1.807, 2.05) is 0 Å². The maximum absolute atomic E-state index is 6.15. The molecule has 2 rings (SSSR count). The van der Waals surface area contributed by atoms with Crippen molar-refractivity contribution in [3.8, 4) is 5.75 Å². The molecule has 0 spiro atoms. The Morgan fingerprint density at radius 3 is 2.60 bits per heavy atom. The Morgan fingerprint density at radius 1 is 1.25 bits per heavy atom. The molecule has 0 saturated heterocycles. The average Bonchev–Trinajstić information content (AvgIpc) is 3.29. The van der Waals surface area contributed by atoms with Gasteiger partial charge in [-0.1, -0.05) is 32.9 Å². The first-order valence-corrected chi connectivity index (χ1v) is 8.15. The third-order valence-corrected chi connectivity index (χ3v) is 4.44. The van der Waals surface area contributed by atoms with Crippen molar-refractivity contribution in [2.45, 2.75) is 64.8 Å². The summed E-state index contributed by atoms with van der Waals surface area (Å²) in [5, 5.41) is 0. The summed E-state index contributed by atoms with van der Waals surface area (Å²) in [7, 11) is 0. The summed E-state index contributed by atoms with van der Waals surface area (Å²) < 4.78 is 6.02. The lowest BCUT2D eigenvalue weighted by Crippen LogP contribution is -2.22. The standard InChI is InChI=1S/C18H29NO/c1-4-13(3)15-8-9-18(20-12-14-6-7-14)16(10-15)11-17(19)5-2/h8-10,13-14,17H,4-7,11-12,19H2,1-3H3. The van der Waals surface area contributed by atoms with Crippen LogP contribution in [0.3, 0.4) is 0 Å². The van der Waals surface area contributed by atoms with Gasteiger partial charge < -0.3 is 10.5 Å². The van der Waals surface area contributed by atoms with E-state index in [4.69, 9.17) is 10.5 Å². The molecule has 0 aliphatic heterocycles. The molecule has 20 heavy (non-hydrogen) atoms. The minimum Gasteiger partial charge on any atom is -0.493 e. The highest BCUT2D eigenvalue weighted by Gasteiger charge is 2.22. The molecule has 0 amide bonds. The van der Waals surface area contributed by atoms with Gasteiger partial charge in [-0.2, -0.15) is 0 Å². The van der Waals surface area contributed by atoms with Crippen molar-refractivity contribution in [3.05, 3.63) is 29.3 Å². The van der Waals surface area contributed by atoms with Crippen molar-refractivity contribution in [2.24, 2.45) is 11.7 Å². The number of ether oxygens (including phenoxy) is 1. The topological polar surface area (TPSA) is 35.2 Å². The first kappa shape index (κ1) is 15.4. The summed E-state index contributed by atoms with van der Waals surface area (Å²) in [5.74, 6) is 2.44. The molecular weight excluding hydrogens is 246 g/mol. The van der Waals surface area contributed by atoms with E-state index in [1.165, 1.54) is 30.4 Å². The highest BCUT2D eigenvalue weighted by atomic mass is 16.5. The van der Waals surface area contributed by atoms with Gasteiger partial charge in [0.25, 0.3) is 0 Å². The Hall–Kier alpha value is -1.02. The third-order valence-electron chi connectivity index (χ3n) is 4.44. The van der Waals surface area contributed by atoms with Crippen molar-refractivity contribution in [3.63, 3.8) is 0 Å². The van der Waals surface area contributed by atoms with Gasteiger partial charge in [0.2, 0.25) is 0 Å². The lowest BCUT2D eigenvalue weighted by atomic mass is 9.94. The molecule has 2 heteroatoms. The normalized spacial score (nSPS) is 17.8. The Morgan fingerprint density at radius 2 is 2.00 bits per heavy atom. The maximum atomic E-state index is 6.15. The summed E-state index contributed by atoms with van der Waals surface area (Å²) in [6.07, 6.45) is 5.75. The molecule has 1 saturated carbocycles. The Labute approximate surface area is 123 Å². The Bertz CT molecular complexity index is 425. The zero-order valence-corrected chi connectivity index (χ0v) is 13.2. The van der Waals surface area contributed by atoms with Crippen molar-refractivity contribution in [1.29, 1.82) is 0 Å². The predicted molar refractivity (Wildman–Crippen MR) is 85.3 cm³/mol. The van der Waals surface area contributed by atoms with Crippen molar-refractivity contribution in [1.82, 2.24) is 0 Å². The minimum absolute atomic E-state index is 0.227. The smallest absolute Gasteiger partial charge is 0.122 e. The van der Waals surface area contributed by atoms with Gasteiger partial charge in [-0.05, 0) is 61.1 Å². The van der Waals surface area contributed by atoms with Crippen LogP contribution in [0, 0.1) is 5.92 Å². The van der Waals surface area contributed by atoms with Crippen LogP contribution in [0.1, 0.15) is 63.5 Å². The molecule has 1 fully saturated rings. The number of hydrogen-bond acceptors (Lipinski definition) is 2. The lowest BCUT2D eigenvalue weighted by Gasteiger charge is -2.18. The third kappa shape index (κ3) is 4.24. The van der Waals surface area contributed by atoms with Crippen LogP contribution in [0.5, 0.6) is 5.75 Å². The molecule has 1 aliphatic rings. The van der Waals surface area contributed by atoms with Gasteiger partial charge >= 0.3 is 0 Å². The van der Waals surface area contributed by atoms with Gasteiger partial charge in [0, 0.05) is 6.04 Å². The first-order chi connectivity index (χ1) is 9.63. The summed E-state index contributed by atoms with van der Waals surface area (Å²) >= 11 is 0. The fourth-order valence-corrected chi connectivity index (χ4v) is 2.36. The molecule has 1 aromatic carbocycles.